The van der Waals surface area contributed by atoms with Gasteiger partial charge in [0, 0.05) is 0 Å². The fourth-order valence-corrected chi connectivity index (χ4v) is 2.52. The van der Waals surface area contributed by atoms with E-state index in [1.807, 2.05) is 0 Å². The first-order valence-corrected chi connectivity index (χ1v) is 6.29. The summed E-state index contributed by atoms with van der Waals surface area (Å²) in [6, 6.07) is 0. The summed E-state index contributed by atoms with van der Waals surface area (Å²) in [5.41, 5.74) is 0. The van der Waals surface area contributed by atoms with E-state index in [4.69, 9.17) is 14.2 Å². The Morgan fingerprint density at radius 1 is 1.33 bits per heavy atom. The van der Waals surface area contributed by atoms with E-state index < -0.39 is 0 Å². The second kappa shape index (κ2) is 3.87. The molecular formula is C7H11O4Pb. The van der Waals surface area contributed by atoms with Crippen LogP contribution in [0.2, 0.25) is 0 Å². The maximum atomic E-state index is 9.58. The molecule has 2 fully saturated rings. The number of hydrogen-bond acceptors (Lipinski definition) is 4. The quantitative estimate of drug-likeness (QED) is 0.559. The van der Waals surface area contributed by atoms with Gasteiger partial charge in [-0.15, -0.1) is 0 Å². The van der Waals surface area contributed by atoms with Gasteiger partial charge in [-0.2, -0.15) is 0 Å². The van der Waals surface area contributed by atoms with E-state index in [0.29, 0.717) is 19.6 Å². The van der Waals surface area contributed by atoms with Crippen molar-refractivity contribution in [2.45, 2.75) is 28.6 Å². The van der Waals surface area contributed by atoms with Crippen LogP contribution in [0.3, 0.4) is 0 Å². The molecule has 2 aliphatic rings. The van der Waals surface area contributed by atoms with Crippen molar-refractivity contribution in [2.24, 2.45) is 0 Å². The van der Waals surface area contributed by atoms with Crippen LogP contribution in [0.1, 0.15) is 6.42 Å². The number of hydrogen-bond donors (Lipinski definition) is 1. The van der Waals surface area contributed by atoms with Crippen LogP contribution < -0.4 is 0 Å². The van der Waals surface area contributed by atoms with Gasteiger partial charge in [0.1, 0.15) is 0 Å². The SMILES string of the molecule is OC1CCOC2CO[CH]([Pb])OC12. The van der Waals surface area contributed by atoms with Gasteiger partial charge >= 0.3 is 86.9 Å². The van der Waals surface area contributed by atoms with Gasteiger partial charge < -0.3 is 0 Å². The third kappa shape index (κ3) is 1.82. The minimum atomic E-state index is -0.371. The summed E-state index contributed by atoms with van der Waals surface area (Å²) < 4.78 is 16.1. The van der Waals surface area contributed by atoms with Crippen LogP contribution in [0.15, 0.2) is 0 Å². The normalized spacial score (nSPS) is 48.5. The molecule has 4 unspecified atom stereocenters. The summed E-state index contributed by atoms with van der Waals surface area (Å²) in [7, 11) is 0. The molecule has 0 aliphatic carbocycles. The van der Waals surface area contributed by atoms with Crippen molar-refractivity contribution < 1.29 is 19.3 Å². The molecule has 0 aromatic carbocycles. The van der Waals surface area contributed by atoms with Gasteiger partial charge in [-0.3, -0.25) is 0 Å². The van der Waals surface area contributed by atoms with Gasteiger partial charge in [-0.1, -0.05) is 0 Å². The Kier molecular flexibility index (Phi) is 3.01. The number of fused-ring (bicyclic) bond motifs is 1. The predicted molar refractivity (Wildman–Crippen MR) is 40.7 cm³/mol. The average molecular weight is 366 g/mol. The summed E-state index contributed by atoms with van der Waals surface area (Å²) in [6.07, 6.45) is 0.0909. The second-order valence-corrected chi connectivity index (χ2v) is 4.86. The molecular weight excluding hydrogens is 355 g/mol. The molecule has 2 rings (SSSR count). The second-order valence-electron chi connectivity index (χ2n) is 3.03. The summed E-state index contributed by atoms with van der Waals surface area (Å²) in [4.78, 5) is 0. The van der Waals surface area contributed by atoms with E-state index in [1.54, 1.807) is 0 Å². The van der Waals surface area contributed by atoms with E-state index in [1.165, 1.54) is 0 Å². The van der Waals surface area contributed by atoms with E-state index >= 15 is 0 Å². The molecule has 5 heteroatoms. The third-order valence-corrected chi connectivity index (χ3v) is 3.36. The first kappa shape index (κ1) is 9.32. The number of aliphatic hydroxyl groups excluding tert-OH is 1. The number of aliphatic hydroxyl groups is 1. The Hall–Kier alpha value is 0.762. The van der Waals surface area contributed by atoms with Crippen LogP contribution in [0.25, 0.3) is 0 Å². The molecule has 0 aromatic rings. The number of ether oxygens (including phenoxy) is 3. The van der Waals surface area contributed by atoms with Gasteiger partial charge in [0.15, 0.2) is 0 Å². The van der Waals surface area contributed by atoms with Crippen molar-refractivity contribution in [3.8, 4) is 0 Å². The molecule has 1 N–H and O–H groups in total. The van der Waals surface area contributed by atoms with Crippen LogP contribution in [0.5, 0.6) is 0 Å². The molecule has 0 spiro atoms. The van der Waals surface area contributed by atoms with Crippen molar-refractivity contribution in [3.05, 3.63) is 0 Å². The van der Waals surface area contributed by atoms with E-state index in [-0.39, 0.29) is 22.2 Å². The van der Waals surface area contributed by atoms with Gasteiger partial charge in [-0.25, -0.2) is 0 Å². The predicted octanol–water partition coefficient (Wildman–Crippen LogP) is -0.996. The Morgan fingerprint density at radius 3 is 3.00 bits per heavy atom. The Balaban J connectivity index is 2.00. The Morgan fingerprint density at radius 2 is 2.17 bits per heavy atom. The average Bonchev–Trinajstić information content (AvgIpc) is 2.07. The summed E-state index contributed by atoms with van der Waals surface area (Å²) >= 11 is 0.841. The number of rotatable bonds is 0. The zero-order chi connectivity index (χ0) is 8.55. The maximum absolute atomic E-state index is 9.58. The van der Waals surface area contributed by atoms with Gasteiger partial charge in [0.2, 0.25) is 0 Å². The molecule has 2 aliphatic heterocycles. The van der Waals surface area contributed by atoms with E-state index in [0.717, 1.165) is 25.8 Å². The monoisotopic (exact) mass is 367 g/mol. The first-order chi connectivity index (χ1) is 5.77. The van der Waals surface area contributed by atoms with Crippen LogP contribution in [0, 0.1) is 0 Å². The van der Waals surface area contributed by atoms with Crippen molar-refractivity contribution in [1.29, 1.82) is 0 Å². The van der Waals surface area contributed by atoms with Crippen molar-refractivity contribution in [2.75, 3.05) is 13.2 Å². The minimum absolute atomic E-state index is 0.0565. The molecule has 2 saturated heterocycles. The standard InChI is InChI=1S/C7H11O4.Pb/c8-5-1-2-10-6-3-9-4-11-7(5)6;/h4-8H,1-3H2;. The van der Waals surface area contributed by atoms with Crippen LogP contribution in [0.4, 0.5) is 0 Å². The molecule has 67 valence electrons. The zero-order valence-electron chi connectivity index (χ0n) is 6.60. The topological polar surface area (TPSA) is 47.9 Å². The zero-order valence-corrected chi connectivity index (χ0v) is 10.5. The molecule has 0 aromatic heterocycles. The molecule has 2 heterocycles. The summed E-state index contributed by atoms with van der Waals surface area (Å²) in [5.74, 6) is 0. The molecule has 4 atom stereocenters. The fraction of sp³-hybridized carbons (Fsp3) is 1.00. The third-order valence-electron chi connectivity index (χ3n) is 2.18. The summed E-state index contributed by atoms with van der Waals surface area (Å²) in [5, 5.41) is 9.58. The fourth-order valence-electron chi connectivity index (χ4n) is 1.53. The van der Waals surface area contributed by atoms with Crippen molar-refractivity contribution in [1.82, 2.24) is 0 Å². The molecule has 3 radical (unpaired) electrons. The first-order valence-electron chi connectivity index (χ1n) is 4.05. The van der Waals surface area contributed by atoms with E-state index in [9.17, 15) is 5.11 Å². The molecule has 4 nitrogen and oxygen atoms in total. The molecule has 0 saturated carbocycles. The van der Waals surface area contributed by atoms with Crippen molar-refractivity contribution in [3.63, 3.8) is 0 Å². The Labute approximate surface area is 86.9 Å². The van der Waals surface area contributed by atoms with E-state index in [2.05, 4.69) is 0 Å². The Bertz CT molecular complexity index is 165. The van der Waals surface area contributed by atoms with Gasteiger partial charge in [0.05, 0.1) is 0 Å². The molecule has 12 heavy (non-hydrogen) atoms. The van der Waals surface area contributed by atoms with Crippen LogP contribution in [-0.2, 0) is 14.2 Å². The van der Waals surface area contributed by atoms with Crippen molar-refractivity contribution >= 4 is 25.8 Å². The molecule has 0 bridgehead atoms. The van der Waals surface area contributed by atoms with Crippen LogP contribution in [-0.4, -0.2) is 66.2 Å². The summed E-state index contributed by atoms with van der Waals surface area (Å²) in [6.45, 7) is 1.18. The molecule has 0 amide bonds. The van der Waals surface area contributed by atoms with Crippen LogP contribution >= 0.6 is 0 Å². The van der Waals surface area contributed by atoms with Gasteiger partial charge in [-0.05, 0) is 0 Å². The van der Waals surface area contributed by atoms with Gasteiger partial charge in [0.25, 0.3) is 0 Å².